The van der Waals surface area contributed by atoms with E-state index in [1.54, 1.807) is 0 Å². The topological polar surface area (TPSA) is 57.4 Å². The fourth-order valence-electron chi connectivity index (χ4n) is 3.44. The van der Waals surface area contributed by atoms with Gasteiger partial charge in [-0.25, -0.2) is 4.98 Å². The molecule has 1 atom stereocenters. The van der Waals surface area contributed by atoms with Crippen LogP contribution in [0.5, 0.6) is 0 Å². The zero-order chi connectivity index (χ0) is 15.8. The van der Waals surface area contributed by atoms with Crippen molar-refractivity contribution in [3.63, 3.8) is 0 Å². The Labute approximate surface area is 165 Å². The first-order valence-corrected chi connectivity index (χ1v) is 8.65. The maximum absolute atomic E-state index is 6.51. The highest BCUT2D eigenvalue weighted by Gasteiger charge is 2.20. The molecule has 1 aromatic carbocycles. The van der Waals surface area contributed by atoms with Crippen LogP contribution in [0.4, 0.5) is 11.5 Å². The summed E-state index contributed by atoms with van der Waals surface area (Å²) in [5, 5.41) is 5.18. The second-order valence-corrected chi connectivity index (χ2v) is 6.81. The summed E-state index contributed by atoms with van der Waals surface area (Å²) >= 11 is 6.51. The van der Waals surface area contributed by atoms with Crippen molar-refractivity contribution >= 4 is 58.8 Å². The van der Waals surface area contributed by atoms with Gasteiger partial charge in [-0.2, -0.15) is 0 Å². The first-order chi connectivity index (χ1) is 11.2. The number of hydrogen-bond donors (Lipinski definition) is 2. The largest absolute Gasteiger partial charge is 0.370 e. The van der Waals surface area contributed by atoms with Crippen molar-refractivity contribution in [2.75, 3.05) is 49.1 Å². The number of aromatic nitrogens is 1. The molecule has 0 aliphatic carbocycles. The van der Waals surface area contributed by atoms with Crippen molar-refractivity contribution in [2.45, 2.75) is 12.5 Å². The van der Waals surface area contributed by atoms with E-state index in [4.69, 9.17) is 22.3 Å². The number of piperazine rings is 1. The fourth-order valence-corrected chi connectivity index (χ4v) is 3.72. The summed E-state index contributed by atoms with van der Waals surface area (Å²) in [4.78, 5) is 9.40. The molecule has 8 heteroatoms. The molecular formula is C17H24Cl3N5. The lowest BCUT2D eigenvalue weighted by Crippen LogP contribution is -2.44. The van der Waals surface area contributed by atoms with Crippen LogP contribution in [0.15, 0.2) is 24.3 Å². The van der Waals surface area contributed by atoms with Crippen LogP contribution in [0.1, 0.15) is 6.42 Å². The van der Waals surface area contributed by atoms with Gasteiger partial charge in [-0.3, -0.25) is 0 Å². The van der Waals surface area contributed by atoms with Gasteiger partial charge in [-0.05, 0) is 30.7 Å². The maximum Gasteiger partial charge on any atom is 0.148 e. The fraction of sp³-hybridized carbons (Fsp3) is 0.471. The molecule has 2 aliphatic rings. The zero-order valence-corrected chi connectivity index (χ0v) is 16.3. The summed E-state index contributed by atoms with van der Waals surface area (Å²) in [5.74, 6) is 0.900. The Morgan fingerprint density at radius 1 is 1.08 bits per heavy atom. The van der Waals surface area contributed by atoms with Gasteiger partial charge in [-0.1, -0.05) is 11.6 Å². The van der Waals surface area contributed by atoms with Crippen LogP contribution in [-0.4, -0.2) is 50.3 Å². The second-order valence-electron chi connectivity index (χ2n) is 6.40. The van der Waals surface area contributed by atoms with E-state index in [0.717, 1.165) is 67.4 Å². The smallest absolute Gasteiger partial charge is 0.148 e. The number of nitrogens with two attached hydrogens (primary N) is 1. The van der Waals surface area contributed by atoms with Gasteiger partial charge in [0.25, 0.3) is 0 Å². The number of nitrogens with zero attached hydrogens (tertiary/aromatic N) is 3. The van der Waals surface area contributed by atoms with Crippen LogP contribution in [0, 0.1) is 0 Å². The highest BCUT2D eigenvalue weighted by molar-refractivity contribution is 6.33. The molecule has 0 saturated carbocycles. The third kappa shape index (κ3) is 4.23. The van der Waals surface area contributed by atoms with Gasteiger partial charge in [0.15, 0.2) is 0 Å². The molecule has 2 saturated heterocycles. The van der Waals surface area contributed by atoms with Crippen molar-refractivity contribution in [3.8, 4) is 0 Å². The summed E-state index contributed by atoms with van der Waals surface area (Å²) in [5.41, 5.74) is 8.22. The first kappa shape index (κ1) is 20.3. The average molecular weight is 405 g/mol. The number of benzene rings is 1. The Hall–Kier alpha value is -0.980. The van der Waals surface area contributed by atoms with E-state index in [1.165, 1.54) is 5.69 Å². The van der Waals surface area contributed by atoms with E-state index >= 15 is 0 Å². The molecule has 2 aliphatic heterocycles. The van der Waals surface area contributed by atoms with Crippen LogP contribution < -0.4 is 20.9 Å². The molecule has 0 bridgehead atoms. The Morgan fingerprint density at radius 3 is 2.52 bits per heavy atom. The van der Waals surface area contributed by atoms with E-state index in [2.05, 4.69) is 33.3 Å². The molecule has 5 nitrogen and oxygen atoms in total. The molecule has 3 N–H and O–H groups in total. The summed E-state index contributed by atoms with van der Waals surface area (Å²) in [7, 11) is 0. The summed E-state index contributed by atoms with van der Waals surface area (Å²) in [6, 6.07) is 8.73. The standard InChI is InChI=1S/C17H22ClN5.2ClH/c18-15-10-12-9-14(23-6-3-13(19)11-23)1-2-16(12)21-17(15)22-7-4-20-5-8-22;;/h1-2,9-10,13,20H,3-8,11,19H2;2*1H/t13-;;/m0../s1. The number of pyridine rings is 1. The predicted molar refractivity (Wildman–Crippen MR) is 111 cm³/mol. The monoisotopic (exact) mass is 403 g/mol. The number of nitrogens with one attached hydrogen (secondary N) is 1. The first-order valence-electron chi connectivity index (χ1n) is 8.27. The SMILES string of the molecule is Cl.Cl.N[C@H]1CCN(c2ccc3nc(N4CCNCC4)c(Cl)cc3c2)C1. The zero-order valence-electron chi connectivity index (χ0n) is 13.9. The number of anilines is 2. The van der Waals surface area contributed by atoms with Crippen LogP contribution >= 0.6 is 36.4 Å². The van der Waals surface area contributed by atoms with Crippen molar-refractivity contribution in [2.24, 2.45) is 5.73 Å². The molecule has 0 radical (unpaired) electrons. The summed E-state index contributed by atoms with van der Waals surface area (Å²) in [6.07, 6.45) is 1.05. The van der Waals surface area contributed by atoms with Gasteiger partial charge in [0.2, 0.25) is 0 Å². The molecule has 1 aromatic heterocycles. The van der Waals surface area contributed by atoms with Gasteiger partial charge in [0, 0.05) is 56.4 Å². The predicted octanol–water partition coefficient (Wildman–Crippen LogP) is 2.68. The van der Waals surface area contributed by atoms with E-state index in [-0.39, 0.29) is 30.9 Å². The number of hydrogen-bond acceptors (Lipinski definition) is 5. The lowest BCUT2D eigenvalue weighted by atomic mass is 10.1. The molecule has 2 aromatic rings. The number of halogens is 3. The van der Waals surface area contributed by atoms with Crippen molar-refractivity contribution in [3.05, 3.63) is 29.3 Å². The van der Waals surface area contributed by atoms with Gasteiger partial charge >= 0.3 is 0 Å². The average Bonchev–Trinajstić information content (AvgIpc) is 3.01. The van der Waals surface area contributed by atoms with E-state index < -0.39 is 0 Å². The number of fused-ring (bicyclic) bond motifs is 1. The Kier molecular flexibility index (Phi) is 7.00. The minimum Gasteiger partial charge on any atom is -0.370 e. The quantitative estimate of drug-likeness (QED) is 0.806. The summed E-state index contributed by atoms with van der Waals surface area (Å²) < 4.78 is 0. The Balaban J connectivity index is 0.00000113. The second kappa shape index (κ2) is 8.60. The lowest BCUT2D eigenvalue weighted by molar-refractivity contribution is 0.585. The van der Waals surface area contributed by atoms with E-state index in [1.807, 2.05) is 6.07 Å². The molecular weight excluding hydrogens is 381 g/mol. The highest BCUT2D eigenvalue weighted by Crippen LogP contribution is 2.31. The minimum absolute atomic E-state index is 0. The highest BCUT2D eigenvalue weighted by atomic mass is 35.5. The minimum atomic E-state index is 0. The van der Waals surface area contributed by atoms with Crippen LogP contribution in [0.2, 0.25) is 5.02 Å². The molecule has 0 amide bonds. The van der Waals surface area contributed by atoms with Gasteiger partial charge < -0.3 is 20.9 Å². The van der Waals surface area contributed by atoms with Gasteiger partial charge in [-0.15, -0.1) is 24.8 Å². The molecule has 0 unspecified atom stereocenters. The van der Waals surface area contributed by atoms with Crippen LogP contribution in [0.3, 0.4) is 0 Å². The van der Waals surface area contributed by atoms with Crippen molar-refractivity contribution in [1.29, 1.82) is 0 Å². The molecule has 3 heterocycles. The Morgan fingerprint density at radius 2 is 1.84 bits per heavy atom. The molecule has 138 valence electrons. The third-order valence-electron chi connectivity index (χ3n) is 4.74. The van der Waals surface area contributed by atoms with Gasteiger partial charge in [0.05, 0.1) is 10.5 Å². The maximum atomic E-state index is 6.51. The normalized spacial score (nSPS) is 20.3. The lowest BCUT2D eigenvalue weighted by Gasteiger charge is -2.29. The molecule has 4 rings (SSSR count). The van der Waals surface area contributed by atoms with Crippen molar-refractivity contribution in [1.82, 2.24) is 10.3 Å². The Bertz CT molecular complexity index is 721. The molecule has 2 fully saturated rings. The molecule has 25 heavy (non-hydrogen) atoms. The number of rotatable bonds is 2. The third-order valence-corrected chi connectivity index (χ3v) is 5.02. The van der Waals surface area contributed by atoms with E-state index in [0.29, 0.717) is 0 Å². The van der Waals surface area contributed by atoms with Crippen LogP contribution in [0.25, 0.3) is 10.9 Å². The summed E-state index contributed by atoms with van der Waals surface area (Å²) in [6.45, 7) is 5.79. The van der Waals surface area contributed by atoms with E-state index in [9.17, 15) is 0 Å². The van der Waals surface area contributed by atoms with Crippen molar-refractivity contribution < 1.29 is 0 Å². The van der Waals surface area contributed by atoms with Gasteiger partial charge in [0.1, 0.15) is 5.82 Å². The molecule has 0 spiro atoms. The van der Waals surface area contributed by atoms with Crippen LogP contribution in [-0.2, 0) is 0 Å².